The van der Waals surface area contributed by atoms with Crippen molar-refractivity contribution < 1.29 is 9.53 Å². The first kappa shape index (κ1) is 15.3. The molecule has 0 atom stereocenters. The highest BCUT2D eigenvalue weighted by Gasteiger charge is 2.07. The molecule has 0 aliphatic rings. The fraction of sp³-hybridized carbons (Fsp3) is 0.316. The first-order valence-electron chi connectivity index (χ1n) is 7.57. The third-order valence-corrected chi connectivity index (χ3v) is 3.50. The van der Waals surface area contributed by atoms with E-state index in [0.717, 1.165) is 24.8 Å². The number of hydrogen-bond acceptors (Lipinski definition) is 2. The predicted molar refractivity (Wildman–Crippen MR) is 86.4 cm³/mol. The molecule has 0 amide bonds. The van der Waals surface area contributed by atoms with Gasteiger partial charge in [-0.1, -0.05) is 56.2 Å². The largest absolute Gasteiger partial charge is 0.427 e. The fourth-order valence-corrected chi connectivity index (χ4v) is 2.34. The van der Waals surface area contributed by atoms with Gasteiger partial charge in [0.05, 0.1) is 0 Å². The molecule has 2 aromatic rings. The van der Waals surface area contributed by atoms with E-state index >= 15 is 0 Å². The lowest BCUT2D eigenvalue weighted by Crippen LogP contribution is -2.07. The van der Waals surface area contributed by atoms with Crippen LogP contribution < -0.4 is 4.74 Å². The third-order valence-electron chi connectivity index (χ3n) is 3.50. The lowest BCUT2D eigenvalue weighted by Gasteiger charge is -2.09. The van der Waals surface area contributed by atoms with Gasteiger partial charge in [-0.2, -0.15) is 0 Å². The number of aryl methyl sites for hydroxylation is 1. The lowest BCUT2D eigenvalue weighted by atomic mass is 10.0. The van der Waals surface area contributed by atoms with Crippen LogP contribution in [0.15, 0.2) is 48.5 Å². The maximum atomic E-state index is 11.7. The number of benzene rings is 2. The Labute approximate surface area is 126 Å². The smallest absolute Gasteiger partial charge is 0.311 e. The highest BCUT2D eigenvalue weighted by molar-refractivity contribution is 5.73. The quantitative estimate of drug-likeness (QED) is 0.416. The normalized spacial score (nSPS) is 10.4. The minimum atomic E-state index is -0.143. The summed E-state index contributed by atoms with van der Waals surface area (Å²) in [4.78, 5) is 11.7. The van der Waals surface area contributed by atoms with Gasteiger partial charge < -0.3 is 4.74 Å². The third kappa shape index (κ3) is 4.45. The number of carbonyl (C=O) groups is 1. The summed E-state index contributed by atoms with van der Waals surface area (Å²) >= 11 is 0. The Morgan fingerprint density at radius 3 is 2.48 bits per heavy atom. The first-order valence-corrected chi connectivity index (χ1v) is 7.57. The molecule has 0 saturated heterocycles. The first-order chi connectivity index (χ1) is 10.2. The fourth-order valence-electron chi connectivity index (χ4n) is 2.34. The zero-order chi connectivity index (χ0) is 15.1. The summed E-state index contributed by atoms with van der Waals surface area (Å²) in [5, 5.41) is 0. The van der Waals surface area contributed by atoms with E-state index in [-0.39, 0.29) is 5.97 Å². The number of carbonyl (C=O) groups excluding carboxylic acids is 1. The number of ether oxygens (including phenoxy) is 1. The zero-order valence-corrected chi connectivity index (χ0v) is 12.8. The van der Waals surface area contributed by atoms with E-state index in [2.05, 4.69) is 19.1 Å². The van der Waals surface area contributed by atoms with E-state index in [0.29, 0.717) is 12.2 Å². The summed E-state index contributed by atoms with van der Waals surface area (Å²) in [7, 11) is 0. The summed E-state index contributed by atoms with van der Waals surface area (Å²) in [6.07, 6.45) is 3.57. The van der Waals surface area contributed by atoms with Crippen molar-refractivity contribution in [1.82, 2.24) is 0 Å². The van der Waals surface area contributed by atoms with Gasteiger partial charge in [-0.3, -0.25) is 4.79 Å². The van der Waals surface area contributed by atoms with Gasteiger partial charge in [0.1, 0.15) is 5.75 Å². The second-order valence-corrected chi connectivity index (χ2v) is 5.27. The number of unbranched alkanes of at least 4 members (excludes halogenated alkanes) is 2. The number of hydrogen-bond donors (Lipinski definition) is 0. The molecule has 0 bridgehead atoms. The number of esters is 1. The van der Waals surface area contributed by atoms with Crippen molar-refractivity contribution in [2.24, 2.45) is 0 Å². The van der Waals surface area contributed by atoms with E-state index in [1.807, 2.05) is 43.3 Å². The minimum absolute atomic E-state index is 0.143. The Hall–Kier alpha value is -2.09. The predicted octanol–water partition coefficient (Wildman–Crippen LogP) is 5.15. The summed E-state index contributed by atoms with van der Waals surface area (Å²) < 4.78 is 5.39. The Kier molecular flexibility index (Phi) is 5.56. The topological polar surface area (TPSA) is 26.3 Å². The summed E-state index contributed by atoms with van der Waals surface area (Å²) in [5.74, 6) is 0.490. The van der Waals surface area contributed by atoms with E-state index in [1.165, 1.54) is 11.1 Å². The lowest BCUT2D eigenvalue weighted by molar-refractivity contribution is -0.134. The molecule has 2 aromatic carbocycles. The SMILES string of the molecule is CCCCCC(=O)Oc1ccc(-c2ccccc2)c(C)c1. The highest BCUT2D eigenvalue weighted by Crippen LogP contribution is 2.26. The van der Waals surface area contributed by atoms with Gasteiger partial charge in [0.2, 0.25) is 0 Å². The van der Waals surface area contributed by atoms with Crippen LogP contribution in [-0.4, -0.2) is 5.97 Å². The molecule has 0 unspecified atom stereocenters. The van der Waals surface area contributed by atoms with Crippen molar-refractivity contribution in [2.45, 2.75) is 39.5 Å². The molecular formula is C19H22O2. The van der Waals surface area contributed by atoms with Crippen LogP contribution in [0.3, 0.4) is 0 Å². The molecule has 0 aromatic heterocycles. The van der Waals surface area contributed by atoms with Gasteiger partial charge in [0.25, 0.3) is 0 Å². The second kappa shape index (κ2) is 7.63. The second-order valence-electron chi connectivity index (χ2n) is 5.27. The Balaban J connectivity index is 2.04. The summed E-state index contributed by atoms with van der Waals surface area (Å²) in [6.45, 7) is 4.16. The zero-order valence-electron chi connectivity index (χ0n) is 12.8. The molecule has 110 valence electrons. The number of rotatable bonds is 6. The maximum absolute atomic E-state index is 11.7. The molecule has 2 nitrogen and oxygen atoms in total. The molecule has 0 aliphatic heterocycles. The Morgan fingerprint density at radius 1 is 1.05 bits per heavy atom. The van der Waals surface area contributed by atoms with Gasteiger partial charge >= 0.3 is 5.97 Å². The summed E-state index contributed by atoms with van der Waals surface area (Å²) in [5.41, 5.74) is 3.46. The van der Waals surface area contributed by atoms with Gasteiger partial charge in [-0.25, -0.2) is 0 Å². The molecular weight excluding hydrogens is 260 g/mol. The van der Waals surface area contributed by atoms with Crippen molar-refractivity contribution in [3.05, 3.63) is 54.1 Å². The van der Waals surface area contributed by atoms with Crippen molar-refractivity contribution in [2.75, 3.05) is 0 Å². The van der Waals surface area contributed by atoms with Crippen LogP contribution in [0.25, 0.3) is 11.1 Å². The molecule has 0 heterocycles. The molecule has 0 radical (unpaired) electrons. The molecule has 0 spiro atoms. The van der Waals surface area contributed by atoms with E-state index in [9.17, 15) is 4.79 Å². The van der Waals surface area contributed by atoms with Crippen molar-refractivity contribution >= 4 is 5.97 Å². The van der Waals surface area contributed by atoms with E-state index < -0.39 is 0 Å². The highest BCUT2D eigenvalue weighted by atomic mass is 16.5. The maximum Gasteiger partial charge on any atom is 0.311 e. The van der Waals surface area contributed by atoms with Gasteiger partial charge in [0, 0.05) is 6.42 Å². The van der Waals surface area contributed by atoms with Crippen LogP contribution in [-0.2, 0) is 4.79 Å². The molecule has 0 aliphatic carbocycles. The average Bonchev–Trinajstić information content (AvgIpc) is 2.48. The Morgan fingerprint density at radius 2 is 1.81 bits per heavy atom. The monoisotopic (exact) mass is 282 g/mol. The molecule has 0 N–H and O–H groups in total. The van der Waals surface area contributed by atoms with Crippen LogP contribution in [0.2, 0.25) is 0 Å². The molecule has 21 heavy (non-hydrogen) atoms. The van der Waals surface area contributed by atoms with Crippen molar-refractivity contribution in [1.29, 1.82) is 0 Å². The standard InChI is InChI=1S/C19H22O2/c1-3-4-6-11-19(20)21-17-12-13-18(15(2)14-17)16-9-7-5-8-10-16/h5,7-10,12-14H,3-4,6,11H2,1-2H3. The van der Waals surface area contributed by atoms with E-state index in [1.54, 1.807) is 0 Å². The molecule has 0 fully saturated rings. The minimum Gasteiger partial charge on any atom is -0.427 e. The van der Waals surface area contributed by atoms with Crippen molar-refractivity contribution in [3.63, 3.8) is 0 Å². The molecule has 2 rings (SSSR count). The molecule has 0 saturated carbocycles. The molecule has 2 heteroatoms. The van der Waals surface area contributed by atoms with E-state index in [4.69, 9.17) is 4.74 Å². The Bertz CT molecular complexity index is 588. The summed E-state index contributed by atoms with van der Waals surface area (Å²) in [6, 6.07) is 16.0. The van der Waals surface area contributed by atoms with Crippen LogP contribution in [0.4, 0.5) is 0 Å². The van der Waals surface area contributed by atoms with Gasteiger partial charge in [0.15, 0.2) is 0 Å². The van der Waals surface area contributed by atoms with Crippen LogP contribution in [0.5, 0.6) is 5.75 Å². The van der Waals surface area contributed by atoms with Gasteiger partial charge in [-0.15, -0.1) is 0 Å². The van der Waals surface area contributed by atoms with Crippen LogP contribution >= 0.6 is 0 Å². The van der Waals surface area contributed by atoms with Crippen molar-refractivity contribution in [3.8, 4) is 16.9 Å². The average molecular weight is 282 g/mol. The van der Waals surface area contributed by atoms with Gasteiger partial charge in [-0.05, 0) is 42.2 Å². The van der Waals surface area contributed by atoms with Crippen LogP contribution in [0, 0.1) is 6.92 Å². The van der Waals surface area contributed by atoms with Crippen LogP contribution in [0.1, 0.15) is 38.2 Å².